The molecule has 1 amide bonds. The molecule has 4 heteroatoms. The number of allylic oxidation sites excluding steroid dienone is 2. The molecular formula is C26H49NO3. The first kappa shape index (κ1) is 28.7. The number of amides is 1. The molecule has 30 heavy (non-hydrogen) atoms. The van der Waals surface area contributed by atoms with Crippen molar-refractivity contribution in [2.24, 2.45) is 0 Å². The molecule has 0 radical (unpaired) electrons. The Labute approximate surface area is 186 Å². The van der Waals surface area contributed by atoms with Crippen molar-refractivity contribution in [3.63, 3.8) is 0 Å². The highest BCUT2D eigenvalue weighted by Gasteiger charge is 2.01. The summed E-state index contributed by atoms with van der Waals surface area (Å²) in [5.41, 5.74) is 0. The molecule has 0 spiro atoms. The summed E-state index contributed by atoms with van der Waals surface area (Å²) in [5.74, 6) is -0.247. The quantitative estimate of drug-likeness (QED) is 0.113. The molecule has 0 aliphatic carbocycles. The van der Waals surface area contributed by atoms with Crippen molar-refractivity contribution in [3.05, 3.63) is 12.2 Å². The summed E-state index contributed by atoms with van der Waals surface area (Å²) < 4.78 is 4.78. The number of esters is 1. The van der Waals surface area contributed by atoms with Gasteiger partial charge in [-0.05, 0) is 32.1 Å². The maximum Gasteiger partial charge on any atom is 0.302 e. The van der Waals surface area contributed by atoms with Gasteiger partial charge < -0.3 is 10.1 Å². The van der Waals surface area contributed by atoms with Crippen molar-refractivity contribution in [1.82, 2.24) is 5.32 Å². The van der Waals surface area contributed by atoms with Crippen LogP contribution in [0, 0.1) is 0 Å². The molecule has 0 saturated heterocycles. The van der Waals surface area contributed by atoms with Gasteiger partial charge in [0.05, 0.1) is 6.54 Å². The van der Waals surface area contributed by atoms with Gasteiger partial charge in [-0.2, -0.15) is 0 Å². The van der Waals surface area contributed by atoms with Gasteiger partial charge in [-0.3, -0.25) is 9.59 Å². The number of nitrogens with one attached hydrogen (secondary N) is 1. The van der Waals surface area contributed by atoms with Crippen LogP contribution in [-0.2, 0) is 14.3 Å². The third kappa shape index (κ3) is 24.7. The van der Waals surface area contributed by atoms with Gasteiger partial charge in [0.25, 0.3) is 0 Å². The van der Waals surface area contributed by atoms with Crippen molar-refractivity contribution in [3.8, 4) is 0 Å². The Kier molecular flexibility index (Phi) is 22.9. The maximum absolute atomic E-state index is 11.6. The second-order valence-corrected chi connectivity index (χ2v) is 8.44. The molecule has 0 heterocycles. The van der Waals surface area contributed by atoms with E-state index in [9.17, 15) is 9.59 Å². The van der Waals surface area contributed by atoms with Crippen LogP contribution in [0.1, 0.15) is 129 Å². The third-order valence-electron chi connectivity index (χ3n) is 5.40. The number of carbonyl (C=O) groups is 2. The molecule has 0 aromatic heterocycles. The van der Waals surface area contributed by atoms with Crippen LogP contribution in [0.25, 0.3) is 0 Å². The SMILES string of the molecule is CCCCCCCC/C=C\CCCCCCCCCCCC(=O)NCCOC(C)=O. The molecule has 0 rings (SSSR count). The first-order valence-electron chi connectivity index (χ1n) is 12.7. The van der Waals surface area contributed by atoms with E-state index < -0.39 is 0 Å². The zero-order chi connectivity index (χ0) is 22.1. The first-order valence-corrected chi connectivity index (χ1v) is 12.7. The molecule has 0 aliphatic rings. The zero-order valence-electron chi connectivity index (χ0n) is 20.0. The number of hydrogen-bond acceptors (Lipinski definition) is 3. The average molecular weight is 424 g/mol. The minimum absolute atomic E-state index is 0.0585. The van der Waals surface area contributed by atoms with Gasteiger partial charge in [-0.1, -0.05) is 96.1 Å². The smallest absolute Gasteiger partial charge is 0.302 e. The summed E-state index contributed by atoms with van der Waals surface area (Å²) in [4.78, 5) is 22.2. The highest BCUT2D eigenvalue weighted by molar-refractivity contribution is 5.75. The van der Waals surface area contributed by atoms with E-state index in [2.05, 4.69) is 24.4 Å². The molecule has 0 bridgehead atoms. The molecule has 0 atom stereocenters. The van der Waals surface area contributed by atoms with Gasteiger partial charge in [0.15, 0.2) is 0 Å². The molecule has 0 aromatic carbocycles. The lowest BCUT2D eigenvalue weighted by Gasteiger charge is -2.05. The Morgan fingerprint density at radius 2 is 1.17 bits per heavy atom. The molecule has 0 unspecified atom stereocenters. The van der Waals surface area contributed by atoms with Gasteiger partial charge in [0.2, 0.25) is 5.91 Å². The van der Waals surface area contributed by atoms with E-state index in [4.69, 9.17) is 4.74 Å². The van der Waals surface area contributed by atoms with E-state index >= 15 is 0 Å². The van der Waals surface area contributed by atoms with Crippen LogP contribution in [0.3, 0.4) is 0 Å². The number of unbranched alkanes of at least 4 members (excludes halogenated alkanes) is 15. The normalized spacial score (nSPS) is 11.1. The van der Waals surface area contributed by atoms with Gasteiger partial charge in [-0.25, -0.2) is 0 Å². The summed E-state index contributed by atoms with van der Waals surface area (Å²) in [5, 5.41) is 2.78. The Balaban J connectivity index is 3.18. The number of rotatable bonds is 22. The van der Waals surface area contributed by atoms with E-state index in [1.165, 1.54) is 103 Å². The Morgan fingerprint density at radius 3 is 1.67 bits per heavy atom. The molecule has 0 aromatic rings. The topological polar surface area (TPSA) is 55.4 Å². The van der Waals surface area contributed by atoms with E-state index in [1.54, 1.807) is 0 Å². The summed E-state index contributed by atoms with van der Waals surface area (Å²) in [6.45, 7) is 4.32. The zero-order valence-corrected chi connectivity index (χ0v) is 20.0. The number of carbonyl (C=O) groups excluding carboxylic acids is 2. The summed E-state index contributed by atoms with van der Waals surface area (Å²) in [7, 11) is 0. The van der Waals surface area contributed by atoms with Crippen LogP contribution >= 0.6 is 0 Å². The predicted molar refractivity (Wildman–Crippen MR) is 128 cm³/mol. The van der Waals surface area contributed by atoms with Gasteiger partial charge >= 0.3 is 5.97 Å². The van der Waals surface area contributed by atoms with Crippen molar-refractivity contribution in [2.75, 3.05) is 13.2 Å². The van der Waals surface area contributed by atoms with Crippen LogP contribution in [0.4, 0.5) is 0 Å². The van der Waals surface area contributed by atoms with Gasteiger partial charge in [-0.15, -0.1) is 0 Å². The Hall–Kier alpha value is -1.32. The van der Waals surface area contributed by atoms with Crippen molar-refractivity contribution >= 4 is 11.9 Å². The highest BCUT2D eigenvalue weighted by atomic mass is 16.5. The highest BCUT2D eigenvalue weighted by Crippen LogP contribution is 2.12. The van der Waals surface area contributed by atoms with Crippen molar-refractivity contribution in [1.29, 1.82) is 0 Å². The van der Waals surface area contributed by atoms with Gasteiger partial charge in [0, 0.05) is 13.3 Å². The fourth-order valence-corrected chi connectivity index (χ4v) is 3.54. The maximum atomic E-state index is 11.6. The Bertz CT molecular complexity index is 421. The largest absolute Gasteiger partial charge is 0.464 e. The van der Waals surface area contributed by atoms with E-state index in [1.807, 2.05) is 0 Å². The van der Waals surface area contributed by atoms with Crippen LogP contribution < -0.4 is 5.32 Å². The molecule has 0 aliphatic heterocycles. The van der Waals surface area contributed by atoms with E-state index in [0.29, 0.717) is 13.0 Å². The molecular weight excluding hydrogens is 374 g/mol. The lowest BCUT2D eigenvalue weighted by molar-refractivity contribution is -0.141. The first-order chi connectivity index (χ1) is 14.7. The molecule has 1 N–H and O–H groups in total. The number of ether oxygens (including phenoxy) is 1. The summed E-state index contributed by atoms with van der Waals surface area (Å²) in [6.07, 6.45) is 27.5. The van der Waals surface area contributed by atoms with E-state index in [0.717, 1.165) is 12.8 Å². The van der Waals surface area contributed by atoms with Crippen molar-refractivity contribution in [2.45, 2.75) is 129 Å². The van der Waals surface area contributed by atoms with Crippen LogP contribution in [0.2, 0.25) is 0 Å². The van der Waals surface area contributed by atoms with E-state index in [-0.39, 0.29) is 18.5 Å². The fourth-order valence-electron chi connectivity index (χ4n) is 3.54. The molecule has 0 saturated carbocycles. The fraction of sp³-hybridized carbons (Fsp3) is 0.846. The standard InChI is InChI=1S/C26H49NO3/c1-3-4-5-6-7-8-9-10-11-12-13-14-15-16-17-18-19-20-21-22-26(29)27-23-24-30-25(2)28/h10-11H,3-9,12-24H2,1-2H3,(H,27,29)/b11-10-. The minimum atomic E-state index is -0.306. The van der Waals surface area contributed by atoms with Crippen LogP contribution in [0.5, 0.6) is 0 Å². The summed E-state index contributed by atoms with van der Waals surface area (Å²) in [6, 6.07) is 0. The second-order valence-electron chi connectivity index (χ2n) is 8.44. The Morgan fingerprint density at radius 1 is 0.700 bits per heavy atom. The van der Waals surface area contributed by atoms with Gasteiger partial charge in [0.1, 0.15) is 6.61 Å². The molecule has 176 valence electrons. The minimum Gasteiger partial charge on any atom is -0.464 e. The van der Waals surface area contributed by atoms with Crippen molar-refractivity contribution < 1.29 is 14.3 Å². The predicted octanol–water partition coefficient (Wildman–Crippen LogP) is 7.26. The van der Waals surface area contributed by atoms with Crippen LogP contribution in [-0.4, -0.2) is 25.0 Å². The second kappa shape index (κ2) is 24.0. The average Bonchev–Trinajstić information content (AvgIpc) is 2.72. The monoisotopic (exact) mass is 423 g/mol. The summed E-state index contributed by atoms with van der Waals surface area (Å²) >= 11 is 0. The molecule has 0 fully saturated rings. The van der Waals surface area contributed by atoms with Crippen LogP contribution in [0.15, 0.2) is 12.2 Å². The lowest BCUT2D eigenvalue weighted by atomic mass is 10.1. The number of hydrogen-bond donors (Lipinski definition) is 1. The third-order valence-corrected chi connectivity index (χ3v) is 5.40. The molecule has 4 nitrogen and oxygen atoms in total. The lowest BCUT2D eigenvalue weighted by Crippen LogP contribution is -2.27.